The second-order valence-electron chi connectivity index (χ2n) is 9.23. The molecule has 3 nitrogen and oxygen atoms in total. The molecule has 2 unspecified atom stereocenters. The van der Waals surface area contributed by atoms with Gasteiger partial charge in [0, 0.05) is 29.1 Å². The van der Waals surface area contributed by atoms with Crippen LogP contribution in [0.3, 0.4) is 0 Å². The van der Waals surface area contributed by atoms with Gasteiger partial charge in [-0.05, 0) is 74.9 Å². The van der Waals surface area contributed by atoms with E-state index in [0.717, 1.165) is 28.4 Å². The molecule has 2 aliphatic heterocycles. The van der Waals surface area contributed by atoms with Gasteiger partial charge in [0.1, 0.15) is 18.2 Å². The average molecular weight is 445 g/mol. The van der Waals surface area contributed by atoms with Crippen LogP contribution in [0.4, 0.5) is 4.39 Å². The minimum atomic E-state index is -0.256. The lowest BCUT2D eigenvalue weighted by molar-refractivity contribution is -0.0520. The lowest BCUT2D eigenvalue weighted by Crippen LogP contribution is -2.61. The van der Waals surface area contributed by atoms with Gasteiger partial charge in [-0.1, -0.05) is 43.9 Å². The van der Waals surface area contributed by atoms with E-state index in [2.05, 4.69) is 55.1 Å². The maximum absolute atomic E-state index is 13.3. The number of hydrogen-bond acceptors (Lipinski definition) is 3. The van der Waals surface area contributed by atoms with Crippen LogP contribution < -0.4 is 4.74 Å². The van der Waals surface area contributed by atoms with Gasteiger partial charge in [0.2, 0.25) is 0 Å². The zero-order valence-electron chi connectivity index (χ0n) is 19.8. The number of fused-ring (bicyclic) bond motifs is 2. The number of piperidine rings is 2. The van der Waals surface area contributed by atoms with E-state index in [1.807, 2.05) is 19.1 Å². The molecule has 2 aromatic rings. The van der Waals surface area contributed by atoms with Crippen molar-refractivity contribution in [2.45, 2.75) is 45.7 Å². The second-order valence-corrected chi connectivity index (χ2v) is 9.23. The third-order valence-electron chi connectivity index (χ3n) is 7.10. The molecule has 0 aromatic heterocycles. The Labute approximate surface area is 197 Å². The predicted molar refractivity (Wildman–Crippen MR) is 136 cm³/mol. The van der Waals surface area contributed by atoms with Crippen LogP contribution in [0, 0.1) is 24.6 Å². The molecule has 2 aromatic carbocycles. The highest BCUT2D eigenvalue weighted by Crippen LogP contribution is 2.49. The number of nitrogens with zero attached hydrogens (tertiary/aromatic N) is 2. The van der Waals surface area contributed by atoms with Crippen molar-refractivity contribution in [1.29, 1.82) is 0 Å². The summed E-state index contributed by atoms with van der Waals surface area (Å²) in [6.45, 7) is 15.7. The Balaban J connectivity index is 1.61. The van der Waals surface area contributed by atoms with Gasteiger partial charge in [-0.2, -0.15) is 0 Å². The van der Waals surface area contributed by atoms with Crippen LogP contribution in [0.1, 0.15) is 43.4 Å². The Hall–Kier alpha value is -3.14. The molecule has 0 N–H and O–H groups in total. The van der Waals surface area contributed by atoms with E-state index in [1.54, 1.807) is 18.3 Å². The maximum Gasteiger partial charge on any atom is 0.123 e. The van der Waals surface area contributed by atoms with Crippen LogP contribution >= 0.6 is 0 Å². The van der Waals surface area contributed by atoms with Gasteiger partial charge in [-0.3, -0.25) is 4.99 Å². The summed E-state index contributed by atoms with van der Waals surface area (Å²) in [7, 11) is 0. The van der Waals surface area contributed by atoms with E-state index >= 15 is 0 Å². The molecule has 0 radical (unpaired) electrons. The summed E-state index contributed by atoms with van der Waals surface area (Å²) in [5.41, 5.74) is 4.97. The van der Waals surface area contributed by atoms with E-state index in [9.17, 15) is 4.39 Å². The summed E-state index contributed by atoms with van der Waals surface area (Å²) >= 11 is 0. The zero-order chi connectivity index (χ0) is 23.5. The molecule has 33 heavy (non-hydrogen) atoms. The van der Waals surface area contributed by atoms with Gasteiger partial charge in [0.15, 0.2) is 0 Å². The monoisotopic (exact) mass is 444 g/mol. The molecule has 1 aliphatic carbocycles. The van der Waals surface area contributed by atoms with Gasteiger partial charge in [0.05, 0.1) is 11.7 Å². The van der Waals surface area contributed by atoms with Crippen LogP contribution in [-0.4, -0.2) is 29.8 Å². The fourth-order valence-electron chi connectivity index (χ4n) is 5.07. The van der Waals surface area contributed by atoms with E-state index in [1.165, 1.54) is 30.5 Å². The molecule has 172 valence electrons. The van der Waals surface area contributed by atoms with E-state index in [4.69, 9.17) is 4.74 Å². The lowest BCUT2D eigenvalue weighted by atomic mass is 9.64. The van der Waals surface area contributed by atoms with Crippen LogP contribution in [0.15, 0.2) is 72.8 Å². The van der Waals surface area contributed by atoms with Crippen molar-refractivity contribution in [1.82, 2.24) is 4.90 Å². The topological polar surface area (TPSA) is 24.8 Å². The summed E-state index contributed by atoms with van der Waals surface area (Å²) in [5, 5.41) is 0. The Morgan fingerprint density at radius 1 is 1.15 bits per heavy atom. The molecule has 3 fully saturated rings. The first-order chi connectivity index (χ1) is 15.9. The highest BCUT2D eigenvalue weighted by Gasteiger charge is 2.49. The fourth-order valence-corrected chi connectivity index (χ4v) is 5.07. The Morgan fingerprint density at radius 2 is 1.88 bits per heavy atom. The normalized spacial score (nSPS) is 24.2. The average Bonchev–Trinajstić information content (AvgIpc) is 2.77. The van der Waals surface area contributed by atoms with Crippen molar-refractivity contribution in [3.05, 3.63) is 90.3 Å². The molecule has 2 atom stereocenters. The summed E-state index contributed by atoms with van der Waals surface area (Å²) in [4.78, 5) is 6.99. The first-order valence-corrected chi connectivity index (χ1v) is 11.7. The van der Waals surface area contributed by atoms with Gasteiger partial charge in [-0.15, -0.1) is 0 Å². The Kier molecular flexibility index (Phi) is 6.83. The number of aliphatic imine (C=N–C) groups is 1. The molecular formula is C29H33FN2O. The number of ether oxygens (including phenoxy) is 1. The summed E-state index contributed by atoms with van der Waals surface area (Å²) < 4.78 is 19.4. The van der Waals surface area contributed by atoms with Gasteiger partial charge in [0.25, 0.3) is 0 Å². The lowest BCUT2D eigenvalue weighted by Gasteiger charge is -2.58. The van der Waals surface area contributed by atoms with Gasteiger partial charge < -0.3 is 9.64 Å². The number of aryl methyl sites for hydroxylation is 1. The summed E-state index contributed by atoms with van der Waals surface area (Å²) in [5.74, 6) is 1.64. The van der Waals surface area contributed by atoms with E-state index in [0.29, 0.717) is 24.3 Å². The maximum atomic E-state index is 13.3. The summed E-state index contributed by atoms with van der Waals surface area (Å²) in [6.07, 6.45) is 7.99. The van der Waals surface area contributed by atoms with E-state index < -0.39 is 0 Å². The third-order valence-corrected chi connectivity index (χ3v) is 7.10. The molecule has 5 rings (SSSR count). The van der Waals surface area contributed by atoms with Crippen molar-refractivity contribution < 1.29 is 9.13 Å². The quantitative estimate of drug-likeness (QED) is 0.414. The SMILES string of the molecule is C=C(N=C/C=C\C)c1ccc(C)cc1C(=C)N1C2CC(C2)C(C)C1COc1ccc(F)cc1. The van der Waals surface area contributed by atoms with Crippen molar-refractivity contribution in [3.63, 3.8) is 0 Å². The van der Waals surface area contributed by atoms with Crippen molar-refractivity contribution in [2.75, 3.05) is 6.61 Å². The fraction of sp³-hybridized carbons (Fsp3) is 0.345. The van der Waals surface area contributed by atoms with Crippen molar-refractivity contribution in [2.24, 2.45) is 16.8 Å². The third kappa shape index (κ3) is 4.80. The number of allylic oxidation sites excluding steroid dienone is 2. The largest absolute Gasteiger partial charge is 0.491 e. The molecule has 0 spiro atoms. The number of hydrogen-bond donors (Lipinski definition) is 0. The molecule has 2 saturated heterocycles. The Bertz CT molecular complexity index is 1080. The first kappa shape index (κ1) is 23.0. The number of halogens is 1. The molecular weight excluding hydrogens is 411 g/mol. The first-order valence-electron chi connectivity index (χ1n) is 11.7. The Morgan fingerprint density at radius 3 is 2.58 bits per heavy atom. The predicted octanol–water partition coefficient (Wildman–Crippen LogP) is 6.90. The van der Waals surface area contributed by atoms with Crippen molar-refractivity contribution >= 4 is 17.6 Å². The van der Waals surface area contributed by atoms with Crippen molar-refractivity contribution in [3.8, 4) is 5.75 Å². The molecule has 4 heteroatoms. The minimum Gasteiger partial charge on any atom is -0.491 e. The summed E-state index contributed by atoms with van der Waals surface area (Å²) in [6, 6.07) is 13.3. The van der Waals surface area contributed by atoms with E-state index in [-0.39, 0.29) is 11.9 Å². The molecule has 2 bridgehead atoms. The number of benzene rings is 2. The minimum absolute atomic E-state index is 0.202. The number of rotatable bonds is 8. The zero-order valence-corrected chi connectivity index (χ0v) is 19.8. The molecule has 1 saturated carbocycles. The van der Waals surface area contributed by atoms with Crippen LogP contribution in [0.25, 0.3) is 11.4 Å². The standard InChI is InChI=1S/C29H33FN2O/c1-6-7-14-31-21(4)27-13-8-19(2)15-28(27)22(5)32-25-16-23(17-25)20(3)29(32)18-33-26-11-9-24(30)10-12-26/h6-15,20,23,25,29H,4-5,16-18H2,1-3H3/b7-6-,31-14?. The second kappa shape index (κ2) is 9.78. The van der Waals surface area contributed by atoms with Crippen LogP contribution in [0.5, 0.6) is 5.75 Å². The molecule has 0 amide bonds. The molecule has 3 aliphatic rings. The smallest absolute Gasteiger partial charge is 0.123 e. The highest BCUT2D eigenvalue weighted by molar-refractivity contribution is 5.83. The van der Waals surface area contributed by atoms with Crippen LogP contribution in [0.2, 0.25) is 0 Å². The van der Waals surface area contributed by atoms with Crippen LogP contribution in [-0.2, 0) is 0 Å². The molecule has 2 heterocycles. The van der Waals surface area contributed by atoms with Gasteiger partial charge in [-0.25, -0.2) is 4.39 Å². The highest BCUT2D eigenvalue weighted by atomic mass is 19.1. The van der Waals surface area contributed by atoms with Gasteiger partial charge >= 0.3 is 0 Å².